The van der Waals surface area contributed by atoms with Gasteiger partial charge in [-0.05, 0) is 80.0 Å². The van der Waals surface area contributed by atoms with E-state index in [1.165, 1.54) is 55.7 Å². The van der Waals surface area contributed by atoms with E-state index >= 15 is 0 Å². The molecule has 0 spiro atoms. The normalized spacial score (nSPS) is 14.1. The average molecular weight is 590 g/mol. The van der Waals surface area contributed by atoms with Crippen LogP contribution in [0.15, 0.2) is 79.1 Å². The summed E-state index contributed by atoms with van der Waals surface area (Å²) in [4.78, 5) is 31.8. The highest BCUT2D eigenvalue weighted by molar-refractivity contribution is 6.05. The van der Waals surface area contributed by atoms with Crippen molar-refractivity contribution in [2.45, 2.75) is 32.0 Å². The van der Waals surface area contributed by atoms with Crippen LogP contribution in [0, 0.1) is 0 Å². The van der Waals surface area contributed by atoms with Crippen LogP contribution in [0.25, 0.3) is 17.3 Å². The molecule has 0 aliphatic carbocycles. The number of piperidine rings is 1. The van der Waals surface area contributed by atoms with Gasteiger partial charge < -0.3 is 15.5 Å². The van der Waals surface area contributed by atoms with Crippen molar-refractivity contribution in [3.63, 3.8) is 0 Å². The second kappa shape index (κ2) is 13.4. The Hall–Kier alpha value is -4.84. The number of nitrogens with zero attached hydrogens (tertiary/aromatic N) is 5. The molecule has 222 valence electrons. The zero-order valence-corrected chi connectivity index (χ0v) is 23.2. The standard InChI is InChI=1S/C31H30F3N7O2/c32-31(33,34)25-8-5-9-26(19-25)36-30(43)23-7-4-6-22(18-23)10-13-29(42)37-28-12-11-24(20-35-28)27-21-41(39-38-27)17-16-40-14-2-1-3-15-40/h4-13,18-21H,1-3,14-17H2,(H,36,43)(H,35,37,42)/b13-10+. The van der Waals surface area contributed by atoms with E-state index < -0.39 is 23.6 Å². The molecule has 2 amide bonds. The first-order valence-electron chi connectivity index (χ1n) is 13.9. The van der Waals surface area contributed by atoms with Gasteiger partial charge in [0.1, 0.15) is 11.5 Å². The third-order valence-corrected chi connectivity index (χ3v) is 6.97. The molecular formula is C31H30F3N7O2. The Kier molecular flexibility index (Phi) is 9.26. The van der Waals surface area contributed by atoms with Gasteiger partial charge in [-0.15, -0.1) is 5.10 Å². The number of anilines is 2. The van der Waals surface area contributed by atoms with E-state index in [2.05, 4.69) is 30.8 Å². The van der Waals surface area contributed by atoms with Crippen molar-refractivity contribution in [1.29, 1.82) is 0 Å². The molecule has 3 heterocycles. The van der Waals surface area contributed by atoms with Crippen molar-refractivity contribution >= 4 is 29.4 Å². The highest BCUT2D eigenvalue weighted by Crippen LogP contribution is 2.30. The van der Waals surface area contributed by atoms with E-state index in [0.717, 1.165) is 43.9 Å². The molecule has 2 aromatic heterocycles. The number of hydrogen-bond donors (Lipinski definition) is 2. The SMILES string of the molecule is O=C(/C=C/c1cccc(C(=O)Nc2cccc(C(F)(F)F)c2)c1)Nc1ccc(-c2cn(CCN3CCCCC3)nn2)cn1. The quantitative estimate of drug-likeness (QED) is 0.241. The van der Waals surface area contributed by atoms with Crippen molar-refractivity contribution in [2.24, 2.45) is 0 Å². The fourth-order valence-corrected chi connectivity index (χ4v) is 4.69. The third-order valence-electron chi connectivity index (χ3n) is 6.97. The number of hydrogen-bond acceptors (Lipinski definition) is 6. The summed E-state index contributed by atoms with van der Waals surface area (Å²) < 4.78 is 40.7. The van der Waals surface area contributed by atoms with Crippen LogP contribution in [0.1, 0.15) is 40.7 Å². The molecule has 9 nitrogen and oxygen atoms in total. The van der Waals surface area contributed by atoms with E-state index in [0.29, 0.717) is 17.1 Å². The molecule has 0 saturated carbocycles. The minimum Gasteiger partial charge on any atom is -0.322 e. The Morgan fingerprint density at radius 2 is 1.74 bits per heavy atom. The Morgan fingerprint density at radius 1 is 0.930 bits per heavy atom. The second-order valence-corrected chi connectivity index (χ2v) is 10.2. The van der Waals surface area contributed by atoms with Crippen LogP contribution >= 0.6 is 0 Å². The fourth-order valence-electron chi connectivity index (χ4n) is 4.69. The van der Waals surface area contributed by atoms with Crippen molar-refractivity contribution in [3.8, 4) is 11.3 Å². The number of alkyl halides is 3. The highest BCUT2D eigenvalue weighted by atomic mass is 19.4. The minimum absolute atomic E-state index is 0.0242. The molecule has 43 heavy (non-hydrogen) atoms. The Labute approximate surface area is 246 Å². The molecular weight excluding hydrogens is 559 g/mol. The largest absolute Gasteiger partial charge is 0.416 e. The number of rotatable bonds is 9. The number of carbonyl (C=O) groups is 2. The number of amides is 2. The molecule has 0 atom stereocenters. The second-order valence-electron chi connectivity index (χ2n) is 10.2. The summed E-state index contributed by atoms with van der Waals surface area (Å²) in [6.45, 7) is 3.97. The van der Waals surface area contributed by atoms with Gasteiger partial charge in [-0.25, -0.2) is 4.98 Å². The topological polar surface area (TPSA) is 105 Å². The number of benzene rings is 2. The van der Waals surface area contributed by atoms with Crippen LogP contribution in [-0.4, -0.2) is 56.3 Å². The summed E-state index contributed by atoms with van der Waals surface area (Å²) in [5, 5.41) is 13.6. The number of pyridine rings is 1. The summed E-state index contributed by atoms with van der Waals surface area (Å²) in [5.41, 5.74) is 1.41. The fraction of sp³-hybridized carbons (Fsp3) is 0.258. The number of nitrogens with one attached hydrogen (secondary N) is 2. The predicted molar refractivity (Wildman–Crippen MR) is 157 cm³/mol. The molecule has 4 aromatic rings. The van der Waals surface area contributed by atoms with E-state index in [-0.39, 0.29) is 11.3 Å². The van der Waals surface area contributed by atoms with Gasteiger partial charge in [0.05, 0.1) is 18.3 Å². The van der Waals surface area contributed by atoms with Gasteiger partial charge in [0.2, 0.25) is 5.91 Å². The van der Waals surface area contributed by atoms with E-state index in [9.17, 15) is 22.8 Å². The lowest BCUT2D eigenvalue weighted by Gasteiger charge is -2.25. The van der Waals surface area contributed by atoms with Crippen molar-refractivity contribution < 1.29 is 22.8 Å². The lowest BCUT2D eigenvalue weighted by molar-refractivity contribution is -0.137. The average Bonchev–Trinajstić information content (AvgIpc) is 3.49. The maximum atomic E-state index is 13.0. The van der Waals surface area contributed by atoms with Gasteiger partial charge in [0, 0.05) is 35.6 Å². The van der Waals surface area contributed by atoms with Crippen molar-refractivity contribution in [1.82, 2.24) is 24.9 Å². The Morgan fingerprint density at radius 3 is 2.51 bits per heavy atom. The van der Waals surface area contributed by atoms with E-state index in [4.69, 9.17) is 0 Å². The molecule has 0 radical (unpaired) electrons. The lowest BCUT2D eigenvalue weighted by atomic mass is 10.1. The third kappa shape index (κ3) is 8.35. The first-order chi connectivity index (χ1) is 20.7. The van der Waals surface area contributed by atoms with Gasteiger partial charge in [-0.3, -0.25) is 14.3 Å². The smallest absolute Gasteiger partial charge is 0.322 e. The molecule has 1 saturated heterocycles. The van der Waals surface area contributed by atoms with Crippen molar-refractivity contribution in [3.05, 3.63) is 95.8 Å². The summed E-state index contributed by atoms with van der Waals surface area (Å²) >= 11 is 0. The predicted octanol–water partition coefficient (Wildman–Crippen LogP) is 5.75. The number of aromatic nitrogens is 4. The summed E-state index contributed by atoms with van der Waals surface area (Å²) in [5.74, 6) is -0.654. The van der Waals surface area contributed by atoms with Crippen molar-refractivity contribution in [2.75, 3.05) is 30.3 Å². The van der Waals surface area contributed by atoms with Gasteiger partial charge in [0.25, 0.3) is 5.91 Å². The highest BCUT2D eigenvalue weighted by Gasteiger charge is 2.30. The molecule has 1 aliphatic heterocycles. The van der Waals surface area contributed by atoms with Crippen LogP contribution in [0.5, 0.6) is 0 Å². The molecule has 0 unspecified atom stereocenters. The number of halogens is 3. The zero-order valence-electron chi connectivity index (χ0n) is 23.2. The summed E-state index contributed by atoms with van der Waals surface area (Å²) in [6.07, 6.45) is 5.59. The first kappa shape index (κ1) is 29.6. The number of carbonyl (C=O) groups excluding carboxylic acids is 2. The molecule has 1 aliphatic rings. The molecule has 12 heteroatoms. The monoisotopic (exact) mass is 589 g/mol. The Balaban J connectivity index is 1.13. The maximum Gasteiger partial charge on any atom is 0.416 e. The summed E-state index contributed by atoms with van der Waals surface area (Å²) in [7, 11) is 0. The van der Waals surface area contributed by atoms with Gasteiger partial charge >= 0.3 is 6.18 Å². The van der Waals surface area contributed by atoms with E-state index in [1.54, 1.807) is 30.5 Å². The zero-order chi connectivity index (χ0) is 30.2. The maximum absolute atomic E-state index is 13.0. The molecule has 2 N–H and O–H groups in total. The lowest BCUT2D eigenvalue weighted by Crippen LogP contribution is -2.32. The van der Waals surface area contributed by atoms with Gasteiger partial charge in [0.15, 0.2) is 0 Å². The molecule has 1 fully saturated rings. The molecule has 2 aromatic carbocycles. The molecule has 0 bridgehead atoms. The van der Waals surface area contributed by atoms with Crippen LogP contribution in [0.4, 0.5) is 24.7 Å². The van der Waals surface area contributed by atoms with Gasteiger partial charge in [-0.2, -0.15) is 13.2 Å². The first-order valence-corrected chi connectivity index (χ1v) is 13.9. The van der Waals surface area contributed by atoms with Crippen LogP contribution in [0.2, 0.25) is 0 Å². The minimum atomic E-state index is -4.52. The van der Waals surface area contributed by atoms with Crippen LogP contribution < -0.4 is 10.6 Å². The number of likely N-dealkylation sites (tertiary alicyclic amines) is 1. The van der Waals surface area contributed by atoms with Gasteiger partial charge in [-0.1, -0.05) is 29.8 Å². The summed E-state index contributed by atoms with van der Waals surface area (Å²) in [6, 6.07) is 14.2. The Bertz CT molecular complexity index is 1590. The van der Waals surface area contributed by atoms with E-state index in [1.807, 2.05) is 10.9 Å². The van der Waals surface area contributed by atoms with Crippen LogP contribution in [0.3, 0.4) is 0 Å². The van der Waals surface area contributed by atoms with Crippen LogP contribution in [-0.2, 0) is 17.5 Å². The molecule has 5 rings (SSSR count).